The van der Waals surface area contributed by atoms with Crippen LogP contribution in [-0.4, -0.2) is 25.2 Å². The molecule has 0 spiro atoms. The average Bonchev–Trinajstić information content (AvgIpc) is 2.52. The number of esters is 1. The maximum Gasteiger partial charge on any atom is 0.322 e. The molecule has 1 saturated carbocycles. The Labute approximate surface area is 112 Å². The Bertz CT molecular complexity index is 270. The van der Waals surface area contributed by atoms with Gasteiger partial charge in [0.1, 0.15) is 6.04 Å². The van der Waals surface area contributed by atoms with Gasteiger partial charge in [0.15, 0.2) is 0 Å². The summed E-state index contributed by atoms with van der Waals surface area (Å²) in [5.41, 5.74) is 0.406. The van der Waals surface area contributed by atoms with Crippen LogP contribution >= 0.6 is 0 Å². The van der Waals surface area contributed by atoms with E-state index in [2.05, 4.69) is 26.1 Å². The van der Waals surface area contributed by atoms with Crippen molar-refractivity contribution in [3.05, 3.63) is 0 Å². The zero-order valence-corrected chi connectivity index (χ0v) is 12.6. The molecule has 3 heteroatoms. The molecule has 18 heavy (non-hydrogen) atoms. The molecule has 3 nitrogen and oxygen atoms in total. The molecule has 1 N–H and O–H groups in total. The predicted molar refractivity (Wildman–Crippen MR) is 74.4 cm³/mol. The van der Waals surface area contributed by atoms with E-state index in [0.717, 1.165) is 5.92 Å². The summed E-state index contributed by atoms with van der Waals surface area (Å²) in [7, 11) is 1.45. The quantitative estimate of drug-likeness (QED) is 0.622. The smallest absolute Gasteiger partial charge is 0.322 e. The number of nitrogens with one attached hydrogen (secondary N) is 1. The highest BCUT2D eigenvalue weighted by atomic mass is 16.5. The second-order valence-corrected chi connectivity index (χ2v) is 6.68. The van der Waals surface area contributed by atoms with Crippen LogP contribution in [0.4, 0.5) is 0 Å². The van der Waals surface area contributed by atoms with Crippen molar-refractivity contribution in [3.63, 3.8) is 0 Å². The molecule has 0 bridgehead atoms. The molecule has 2 unspecified atom stereocenters. The third kappa shape index (κ3) is 4.60. The van der Waals surface area contributed by atoms with E-state index < -0.39 is 0 Å². The first-order valence-corrected chi connectivity index (χ1v) is 7.18. The Balaban J connectivity index is 2.45. The van der Waals surface area contributed by atoms with Crippen LogP contribution in [0, 0.1) is 11.3 Å². The molecular weight excluding hydrogens is 226 g/mol. The standard InChI is InChI=1S/C15H29NO2/c1-11(14(17)18-5)16-13-8-6-7-12(9-10-13)15(2,3)4/h11-13,16H,6-10H2,1-5H3/t11-,12?,13?/m1/s1. The third-order valence-electron chi connectivity index (χ3n) is 4.23. The molecule has 0 heterocycles. The highest BCUT2D eigenvalue weighted by Crippen LogP contribution is 2.36. The molecule has 0 radical (unpaired) electrons. The molecule has 0 aromatic carbocycles. The predicted octanol–water partition coefficient (Wildman–Crippen LogP) is 3.13. The van der Waals surface area contributed by atoms with E-state index in [1.807, 2.05) is 6.92 Å². The fraction of sp³-hybridized carbons (Fsp3) is 0.933. The molecule has 1 rings (SSSR count). The molecule has 0 saturated heterocycles. The van der Waals surface area contributed by atoms with E-state index >= 15 is 0 Å². The summed E-state index contributed by atoms with van der Waals surface area (Å²) in [5.74, 6) is 0.643. The first-order chi connectivity index (χ1) is 8.34. The van der Waals surface area contributed by atoms with Crippen LogP contribution in [0.15, 0.2) is 0 Å². The van der Waals surface area contributed by atoms with Crippen molar-refractivity contribution < 1.29 is 9.53 Å². The lowest BCUT2D eigenvalue weighted by molar-refractivity contribution is -0.142. The summed E-state index contributed by atoms with van der Waals surface area (Å²) in [4.78, 5) is 11.4. The number of hydrogen-bond donors (Lipinski definition) is 1. The molecular formula is C15H29NO2. The Morgan fingerprint density at radius 3 is 2.44 bits per heavy atom. The second kappa shape index (κ2) is 6.55. The fourth-order valence-corrected chi connectivity index (χ4v) is 2.93. The van der Waals surface area contributed by atoms with Crippen molar-refractivity contribution >= 4 is 5.97 Å². The average molecular weight is 255 g/mol. The molecule has 0 aliphatic heterocycles. The monoisotopic (exact) mass is 255 g/mol. The van der Waals surface area contributed by atoms with Gasteiger partial charge in [0.25, 0.3) is 0 Å². The number of ether oxygens (including phenoxy) is 1. The Kier molecular flexibility index (Phi) is 5.64. The van der Waals surface area contributed by atoms with Crippen molar-refractivity contribution in [1.82, 2.24) is 5.32 Å². The highest BCUT2D eigenvalue weighted by Gasteiger charge is 2.28. The van der Waals surface area contributed by atoms with Gasteiger partial charge in [-0.15, -0.1) is 0 Å². The van der Waals surface area contributed by atoms with Crippen LogP contribution in [0.25, 0.3) is 0 Å². The summed E-state index contributed by atoms with van der Waals surface area (Å²) in [6.07, 6.45) is 6.17. The van der Waals surface area contributed by atoms with Crippen molar-refractivity contribution in [2.24, 2.45) is 11.3 Å². The van der Waals surface area contributed by atoms with Crippen LogP contribution in [0.3, 0.4) is 0 Å². The van der Waals surface area contributed by atoms with Gasteiger partial charge in [0.05, 0.1) is 7.11 Å². The number of carbonyl (C=O) groups is 1. The van der Waals surface area contributed by atoms with Crippen LogP contribution in [-0.2, 0) is 9.53 Å². The summed E-state index contributed by atoms with van der Waals surface area (Å²) in [6, 6.07) is 0.276. The largest absolute Gasteiger partial charge is 0.468 e. The van der Waals surface area contributed by atoms with Crippen molar-refractivity contribution in [2.75, 3.05) is 7.11 Å². The van der Waals surface area contributed by atoms with E-state index in [1.54, 1.807) is 0 Å². The minimum Gasteiger partial charge on any atom is -0.468 e. The summed E-state index contributed by atoms with van der Waals surface area (Å²) >= 11 is 0. The van der Waals surface area contributed by atoms with Gasteiger partial charge in [0.2, 0.25) is 0 Å². The molecule has 0 aromatic rings. The van der Waals surface area contributed by atoms with Gasteiger partial charge in [-0.2, -0.15) is 0 Å². The number of hydrogen-bond acceptors (Lipinski definition) is 3. The van der Waals surface area contributed by atoms with E-state index in [4.69, 9.17) is 4.74 Å². The van der Waals surface area contributed by atoms with Crippen LogP contribution < -0.4 is 5.32 Å². The lowest BCUT2D eigenvalue weighted by atomic mass is 9.76. The van der Waals surface area contributed by atoms with E-state index in [9.17, 15) is 4.79 Å². The van der Waals surface area contributed by atoms with Gasteiger partial charge in [-0.05, 0) is 43.9 Å². The molecule has 1 aliphatic rings. The van der Waals surface area contributed by atoms with Crippen LogP contribution in [0.2, 0.25) is 0 Å². The number of carbonyl (C=O) groups excluding carboxylic acids is 1. The van der Waals surface area contributed by atoms with E-state index in [1.165, 1.54) is 39.2 Å². The van der Waals surface area contributed by atoms with Gasteiger partial charge in [-0.3, -0.25) is 4.79 Å². The third-order valence-corrected chi connectivity index (χ3v) is 4.23. The minimum absolute atomic E-state index is 0.161. The zero-order valence-electron chi connectivity index (χ0n) is 12.6. The number of methoxy groups -OCH3 is 1. The Hall–Kier alpha value is -0.570. The summed E-state index contributed by atoms with van der Waals surface area (Å²) in [6.45, 7) is 8.89. The van der Waals surface area contributed by atoms with Gasteiger partial charge in [-0.25, -0.2) is 0 Å². The van der Waals surface area contributed by atoms with Crippen molar-refractivity contribution in [2.45, 2.75) is 71.9 Å². The molecule has 1 fully saturated rings. The Morgan fingerprint density at radius 1 is 1.22 bits per heavy atom. The maximum absolute atomic E-state index is 11.4. The lowest BCUT2D eigenvalue weighted by Crippen LogP contribution is -2.41. The normalized spacial score (nSPS) is 27.4. The molecule has 1 aliphatic carbocycles. The number of rotatable bonds is 3. The molecule has 106 valence electrons. The van der Waals surface area contributed by atoms with Gasteiger partial charge >= 0.3 is 5.97 Å². The van der Waals surface area contributed by atoms with Gasteiger partial charge in [0, 0.05) is 6.04 Å². The molecule has 3 atom stereocenters. The topological polar surface area (TPSA) is 38.3 Å². The van der Waals surface area contributed by atoms with E-state index in [0.29, 0.717) is 11.5 Å². The van der Waals surface area contributed by atoms with Crippen molar-refractivity contribution in [1.29, 1.82) is 0 Å². The summed E-state index contributed by atoms with van der Waals surface area (Å²) in [5, 5.41) is 3.41. The first-order valence-electron chi connectivity index (χ1n) is 7.18. The molecule has 0 amide bonds. The van der Waals surface area contributed by atoms with Crippen LogP contribution in [0.5, 0.6) is 0 Å². The fourth-order valence-electron chi connectivity index (χ4n) is 2.93. The van der Waals surface area contributed by atoms with Gasteiger partial charge in [-0.1, -0.05) is 27.2 Å². The zero-order chi connectivity index (χ0) is 13.8. The SMILES string of the molecule is COC(=O)[C@@H](C)NC1CCCC(C(C)(C)C)CC1. The van der Waals surface area contributed by atoms with Crippen molar-refractivity contribution in [3.8, 4) is 0 Å². The molecule has 0 aromatic heterocycles. The summed E-state index contributed by atoms with van der Waals surface area (Å²) < 4.78 is 4.76. The van der Waals surface area contributed by atoms with Gasteiger partial charge < -0.3 is 10.1 Å². The highest BCUT2D eigenvalue weighted by molar-refractivity contribution is 5.75. The second-order valence-electron chi connectivity index (χ2n) is 6.68. The van der Waals surface area contributed by atoms with Crippen LogP contribution in [0.1, 0.15) is 59.8 Å². The first kappa shape index (κ1) is 15.5. The minimum atomic E-state index is -0.189. The maximum atomic E-state index is 11.4. The Morgan fingerprint density at radius 2 is 1.89 bits per heavy atom. The van der Waals surface area contributed by atoms with E-state index in [-0.39, 0.29) is 12.0 Å². The lowest BCUT2D eigenvalue weighted by Gasteiger charge is -2.29.